The number of aryl methyl sites for hydroxylation is 1. The van der Waals surface area contributed by atoms with E-state index in [1.54, 1.807) is 47.3 Å². The maximum absolute atomic E-state index is 12.5. The van der Waals surface area contributed by atoms with E-state index >= 15 is 0 Å². The molecule has 0 fully saturated rings. The van der Waals surface area contributed by atoms with E-state index in [1.165, 1.54) is 10.9 Å². The average molecular weight is 491 g/mol. The maximum atomic E-state index is 12.5. The van der Waals surface area contributed by atoms with Crippen LogP contribution in [-0.2, 0) is 12.5 Å². The molecule has 5 rings (SSSR count). The van der Waals surface area contributed by atoms with Gasteiger partial charge in [-0.1, -0.05) is 32.4 Å². The number of hydrogen-bond acceptors (Lipinski definition) is 6. The Labute approximate surface area is 205 Å². The zero-order valence-electron chi connectivity index (χ0n) is 19.6. The molecule has 4 heterocycles. The first-order chi connectivity index (χ1) is 16.6. The molecule has 11 heteroatoms. The zero-order chi connectivity index (χ0) is 24.9. The monoisotopic (exact) mass is 490 g/mol. The van der Waals surface area contributed by atoms with Crippen molar-refractivity contribution in [1.82, 2.24) is 34.1 Å². The van der Waals surface area contributed by atoms with E-state index in [2.05, 4.69) is 46.3 Å². The predicted molar refractivity (Wildman–Crippen MR) is 134 cm³/mol. The Bertz CT molecular complexity index is 1560. The van der Waals surface area contributed by atoms with Gasteiger partial charge in [0.25, 0.3) is 0 Å². The maximum Gasteiger partial charge on any atom is 0.416 e. The molecule has 0 saturated heterocycles. The third-order valence-corrected chi connectivity index (χ3v) is 5.98. The minimum absolute atomic E-state index is 0.346. The van der Waals surface area contributed by atoms with Crippen LogP contribution >= 0.6 is 11.6 Å². The summed E-state index contributed by atoms with van der Waals surface area (Å²) in [6.07, 6.45) is 7.13. The summed E-state index contributed by atoms with van der Waals surface area (Å²) in [5.74, 6) is 0.464. The molecule has 1 aromatic carbocycles. The van der Waals surface area contributed by atoms with Crippen LogP contribution in [0.1, 0.15) is 26.3 Å². The fourth-order valence-electron chi connectivity index (χ4n) is 4.25. The van der Waals surface area contributed by atoms with Gasteiger partial charge in [0.2, 0.25) is 0 Å². The van der Waals surface area contributed by atoms with Crippen LogP contribution in [-0.4, -0.2) is 45.3 Å². The summed E-state index contributed by atoms with van der Waals surface area (Å²) in [6, 6.07) is 7.14. The number of benzene rings is 1. The molecule has 0 amide bonds. The molecule has 4 aromatic heterocycles. The molecule has 0 bridgehead atoms. The topological polar surface area (TPSA) is 116 Å². The summed E-state index contributed by atoms with van der Waals surface area (Å²) in [6.45, 7) is 6.16. The number of pyridine rings is 1. The molecular weight excluding hydrogens is 468 g/mol. The van der Waals surface area contributed by atoms with Crippen molar-refractivity contribution in [2.24, 2.45) is 7.05 Å². The molecular formula is C24H23ClN8O2. The number of hydrogen-bond donors (Lipinski definition) is 2. The van der Waals surface area contributed by atoms with E-state index in [0.29, 0.717) is 27.7 Å². The van der Waals surface area contributed by atoms with E-state index in [-0.39, 0.29) is 5.41 Å². The molecule has 0 unspecified atom stereocenters. The number of carbonyl (C=O) groups is 1. The van der Waals surface area contributed by atoms with E-state index in [4.69, 9.17) is 11.6 Å². The normalized spacial score (nSPS) is 11.8. The smallest absolute Gasteiger partial charge is 0.416 e. The molecule has 0 aliphatic heterocycles. The molecule has 5 aromatic rings. The third-order valence-electron chi connectivity index (χ3n) is 5.67. The second-order valence-electron chi connectivity index (χ2n) is 9.21. The highest BCUT2D eigenvalue weighted by atomic mass is 35.5. The van der Waals surface area contributed by atoms with Gasteiger partial charge in [0.05, 0.1) is 33.8 Å². The van der Waals surface area contributed by atoms with Gasteiger partial charge >= 0.3 is 6.09 Å². The number of nitrogens with one attached hydrogen (secondary N) is 1. The van der Waals surface area contributed by atoms with Crippen LogP contribution in [0.5, 0.6) is 0 Å². The Hall–Kier alpha value is -4.18. The van der Waals surface area contributed by atoms with Gasteiger partial charge in [0, 0.05) is 36.5 Å². The van der Waals surface area contributed by atoms with Crippen molar-refractivity contribution in [2.75, 3.05) is 5.32 Å². The first-order valence-corrected chi connectivity index (χ1v) is 11.2. The summed E-state index contributed by atoms with van der Waals surface area (Å²) in [7, 11) is 1.80. The second-order valence-corrected chi connectivity index (χ2v) is 9.62. The zero-order valence-corrected chi connectivity index (χ0v) is 20.3. The number of halogens is 1. The standard InChI is InChI=1S/C24H23ClN8O2/c1-24(2,3)21-16-10-27-20(30-18-6-5-15(7-17(18)25)32-13-26-12-29-32)8-19(16)33(23(34)35)22(21)14-9-28-31(4)11-14/h5-13H,1-4H3,(H,27,30)(H,34,35). The van der Waals surface area contributed by atoms with Gasteiger partial charge in [-0.25, -0.2) is 24.0 Å². The molecule has 0 aliphatic rings. The Morgan fingerprint density at radius 1 is 1.14 bits per heavy atom. The molecule has 10 nitrogen and oxygen atoms in total. The summed E-state index contributed by atoms with van der Waals surface area (Å²) in [4.78, 5) is 21.0. The van der Waals surface area contributed by atoms with Crippen LogP contribution in [0, 0.1) is 0 Å². The molecule has 0 saturated carbocycles. The first-order valence-electron chi connectivity index (χ1n) is 10.8. The Balaban J connectivity index is 1.64. The van der Waals surface area contributed by atoms with Gasteiger partial charge in [-0.05, 0) is 29.2 Å². The van der Waals surface area contributed by atoms with Crippen molar-refractivity contribution in [3.8, 4) is 16.9 Å². The summed E-state index contributed by atoms with van der Waals surface area (Å²) >= 11 is 6.51. The van der Waals surface area contributed by atoms with Crippen LogP contribution in [0.25, 0.3) is 27.8 Å². The quantitative estimate of drug-likeness (QED) is 0.354. The Kier molecular flexibility index (Phi) is 5.32. The van der Waals surface area contributed by atoms with Crippen molar-refractivity contribution in [3.63, 3.8) is 0 Å². The van der Waals surface area contributed by atoms with Crippen LogP contribution in [0.15, 0.2) is 55.5 Å². The minimum atomic E-state index is -1.09. The lowest BCUT2D eigenvalue weighted by atomic mass is 9.84. The molecule has 0 spiro atoms. The highest BCUT2D eigenvalue weighted by Gasteiger charge is 2.30. The number of rotatable bonds is 4. The summed E-state index contributed by atoms with van der Waals surface area (Å²) in [5, 5.41) is 23.0. The molecule has 2 N–H and O–H groups in total. The molecule has 35 heavy (non-hydrogen) atoms. The van der Waals surface area contributed by atoms with Crippen LogP contribution in [0.4, 0.5) is 16.3 Å². The number of nitrogens with zero attached hydrogens (tertiary/aromatic N) is 7. The van der Waals surface area contributed by atoms with Gasteiger partial charge in [-0.3, -0.25) is 4.68 Å². The van der Waals surface area contributed by atoms with Gasteiger partial charge in [0.1, 0.15) is 18.5 Å². The third kappa shape index (κ3) is 4.01. The lowest BCUT2D eigenvalue weighted by Crippen LogP contribution is -2.15. The van der Waals surface area contributed by atoms with E-state index in [9.17, 15) is 9.90 Å². The van der Waals surface area contributed by atoms with Gasteiger partial charge in [-0.15, -0.1) is 0 Å². The van der Waals surface area contributed by atoms with Crippen LogP contribution in [0.3, 0.4) is 0 Å². The Morgan fingerprint density at radius 3 is 2.54 bits per heavy atom. The number of anilines is 2. The highest BCUT2D eigenvalue weighted by Crippen LogP contribution is 2.41. The average Bonchev–Trinajstić information content (AvgIpc) is 3.52. The summed E-state index contributed by atoms with van der Waals surface area (Å²) in [5.41, 5.74) is 3.75. The summed E-state index contributed by atoms with van der Waals surface area (Å²) < 4.78 is 4.56. The Morgan fingerprint density at radius 2 is 1.94 bits per heavy atom. The van der Waals surface area contributed by atoms with E-state index in [0.717, 1.165) is 22.2 Å². The fourth-order valence-corrected chi connectivity index (χ4v) is 4.47. The lowest BCUT2D eigenvalue weighted by Gasteiger charge is -2.20. The predicted octanol–water partition coefficient (Wildman–Crippen LogP) is 5.24. The largest absolute Gasteiger partial charge is 0.464 e. The van der Waals surface area contributed by atoms with Gasteiger partial charge in [0.15, 0.2) is 0 Å². The van der Waals surface area contributed by atoms with Crippen molar-refractivity contribution in [1.29, 1.82) is 0 Å². The number of fused-ring (bicyclic) bond motifs is 1. The van der Waals surface area contributed by atoms with Crippen LogP contribution in [0.2, 0.25) is 5.02 Å². The van der Waals surface area contributed by atoms with Crippen molar-refractivity contribution >= 4 is 40.1 Å². The SMILES string of the molecule is Cn1cc(-c2c(C(C)(C)C)c3cnc(Nc4ccc(-n5cncn5)cc4Cl)cc3n2C(=O)O)cn1. The first kappa shape index (κ1) is 22.6. The van der Waals surface area contributed by atoms with Crippen LogP contribution < -0.4 is 5.32 Å². The van der Waals surface area contributed by atoms with Crippen molar-refractivity contribution in [2.45, 2.75) is 26.2 Å². The van der Waals surface area contributed by atoms with Gasteiger partial charge in [-0.2, -0.15) is 10.2 Å². The number of aromatic nitrogens is 7. The van der Waals surface area contributed by atoms with Crippen molar-refractivity contribution < 1.29 is 9.90 Å². The van der Waals surface area contributed by atoms with E-state index in [1.807, 2.05) is 18.3 Å². The minimum Gasteiger partial charge on any atom is -0.464 e. The molecule has 178 valence electrons. The molecule has 0 aliphatic carbocycles. The molecule has 0 atom stereocenters. The highest BCUT2D eigenvalue weighted by molar-refractivity contribution is 6.33. The van der Waals surface area contributed by atoms with E-state index < -0.39 is 6.09 Å². The second kappa shape index (κ2) is 8.24. The van der Waals surface area contributed by atoms with Crippen molar-refractivity contribution in [3.05, 3.63) is 66.1 Å². The lowest BCUT2D eigenvalue weighted by molar-refractivity contribution is 0.198. The van der Waals surface area contributed by atoms with Gasteiger partial charge < -0.3 is 10.4 Å². The fraction of sp³-hybridized carbons (Fsp3) is 0.208. The molecule has 0 radical (unpaired) electrons. The number of carboxylic acid groups (broad SMARTS) is 1.